The molecule has 5 rings (SSSR count). The van der Waals surface area contributed by atoms with E-state index in [4.69, 9.17) is 10.5 Å². The van der Waals surface area contributed by atoms with Gasteiger partial charge in [-0.1, -0.05) is 0 Å². The fourth-order valence-corrected chi connectivity index (χ4v) is 4.36. The number of morpholine rings is 1. The summed E-state index contributed by atoms with van der Waals surface area (Å²) < 4.78 is 62.9. The van der Waals surface area contributed by atoms with Gasteiger partial charge in [-0.05, 0) is 12.5 Å². The number of nitrogen functional groups attached to an aromatic ring is 1. The zero-order valence-electron chi connectivity index (χ0n) is 17.1. The summed E-state index contributed by atoms with van der Waals surface area (Å²) in [6, 6.07) is 3.25. The minimum atomic E-state index is -3.05. The lowest BCUT2D eigenvalue weighted by Gasteiger charge is -2.33. The van der Waals surface area contributed by atoms with Crippen LogP contribution in [0.5, 0.6) is 5.75 Å². The standard InChI is InChI=1S/C20H22F4N6O2/c21-18(22)32-15-5-11(8-26-17(15)25)14-7-16(30-9-13-6-12(30)10-31-13)28-19(27-14)29-3-1-20(23,24)2-4-29/h5,7-8,12-13,18H,1-4,6,9-10H2,(H2,25,26). The molecule has 8 nitrogen and oxygen atoms in total. The molecular formula is C20H22F4N6O2. The van der Waals surface area contributed by atoms with E-state index in [1.54, 1.807) is 11.0 Å². The van der Waals surface area contributed by atoms with E-state index in [0.29, 0.717) is 36.2 Å². The van der Waals surface area contributed by atoms with Crippen molar-refractivity contribution in [3.05, 3.63) is 18.3 Å². The van der Waals surface area contributed by atoms with Crippen molar-refractivity contribution >= 4 is 17.6 Å². The number of rotatable bonds is 5. The molecule has 0 radical (unpaired) electrons. The first kappa shape index (κ1) is 21.0. The van der Waals surface area contributed by atoms with Crippen LogP contribution in [-0.4, -0.2) is 65.9 Å². The molecule has 2 aromatic heterocycles. The molecular weight excluding hydrogens is 432 g/mol. The lowest BCUT2D eigenvalue weighted by atomic mass is 10.1. The quantitative estimate of drug-likeness (QED) is 0.690. The number of hydrogen-bond acceptors (Lipinski definition) is 8. The molecule has 5 heterocycles. The van der Waals surface area contributed by atoms with Crippen LogP contribution >= 0.6 is 0 Å². The molecule has 32 heavy (non-hydrogen) atoms. The Hall–Kier alpha value is -2.89. The maximum Gasteiger partial charge on any atom is 0.387 e. The number of nitrogens with two attached hydrogens (primary N) is 1. The van der Waals surface area contributed by atoms with Gasteiger partial charge in [-0.2, -0.15) is 13.8 Å². The Labute approximate surface area is 181 Å². The molecule has 0 amide bonds. The topological polar surface area (TPSA) is 89.6 Å². The van der Waals surface area contributed by atoms with Gasteiger partial charge in [0.15, 0.2) is 11.6 Å². The number of nitrogens with zero attached hydrogens (tertiary/aromatic N) is 5. The highest BCUT2D eigenvalue weighted by Gasteiger charge is 2.40. The molecule has 0 aliphatic carbocycles. The molecule has 2 atom stereocenters. The Morgan fingerprint density at radius 2 is 1.97 bits per heavy atom. The molecule has 0 aromatic carbocycles. The summed E-state index contributed by atoms with van der Waals surface area (Å²) in [6.45, 7) is -1.57. The number of pyridine rings is 1. The first-order valence-corrected chi connectivity index (χ1v) is 10.4. The minimum Gasteiger partial charge on any atom is -0.431 e. The molecule has 3 aliphatic rings. The highest BCUT2D eigenvalue weighted by atomic mass is 19.3. The van der Waals surface area contributed by atoms with Crippen LogP contribution in [0.2, 0.25) is 0 Å². The van der Waals surface area contributed by atoms with Crippen LogP contribution < -0.4 is 20.3 Å². The van der Waals surface area contributed by atoms with Crippen LogP contribution in [0, 0.1) is 0 Å². The normalized spacial score (nSPS) is 24.4. The van der Waals surface area contributed by atoms with Crippen molar-refractivity contribution in [1.82, 2.24) is 15.0 Å². The van der Waals surface area contributed by atoms with Crippen molar-refractivity contribution in [2.24, 2.45) is 0 Å². The summed E-state index contributed by atoms with van der Waals surface area (Å²) in [6.07, 6.45) is 1.86. The van der Waals surface area contributed by atoms with E-state index in [1.165, 1.54) is 12.3 Å². The molecule has 3 aliphatic heterocycles. The van der Waals surface area contributed by atoms with Crippen LogP contribution in [0.15, 0.2) is 18.3 Å². The highest BCUT2D eigenvalue weighted by Crippen LogP contribution is 2.36. The Kier molecular flexibility index (Phi) is 5.19. The van der Waals surface area contributed by atoms with Crippen molar-refractivity contribution < 1.29 is 27.0 Å². The van der Waals surface area contributed by atoms with Gasteiger partial charge < -0.3 is 25.0 Å². The molecule has 3 saturated heterocycles. The maximum absolute atomic E-state index is 13.7. The third kappa shape index (κ3) is 4.10. The number of anilines is 3. The van der Waals surface area contributed by atoms with Crippen LogP contribution in [-0.2, 0) is 4.74 Å². The number of hydrogen-bond donors (Lipinski definition) is 1. The van der Waals surface area contributed by atoms with Crippen molar-refractivity contribution in [3.8, 4) is 17.0 Å². The zero-order chi connectivity index (χ0) is 22.5. The van der Waals surface area contributed by atoms with Gasteiger partial charge >= 0.3 is 6.61 Å². The second-order valence-corrected chi connectivity index (χ2v) is 8.24. The van der Waals surface area contributed by atoms with Crippen molar-refractivity contribution in [2.45, 2.75) is 43.9 Å². The predicted octanol–water partition coefficient (Wildman–Crippen LogP) is 2.94. The largest absolute Gasteiger partial charge is 0.431 e. The molecule has 2 N–H and O–H groups in total. The summed E-state index contributed by atoms with van der Waals surface area (Å²) in [5.41, 5.74) is 6.47. The summed E-state index contributed by atoms with van der Waals surface area (Å²) in [5.74, 6) is -2.19. The van der Waals surface area contributed by atoms with Gasteiger partial charge in [-0.3, -0.25) is 0 Å². The minimum absolute atomic E-state index is 0.116. The van der Waals surface area contributed by atoms with Crippen molar-refractivity contribution in [3.63, 3.8) is 0 Å². The van der Waals surface area contributed by atoms with E-state index in [1.807, 2.05) is 0 Å². The van der Waals surface area contributed by atoms with Gasteiger partial charge in [0.25, 0.3) is 5.92 Å². The first-order valence-electron chi connectivity index (χ1n) is 10.4. The number of ether oxygens (including phenoxy) is 2. The molecule has 12 heteroatoms. The van der Waals surface area contributed by atoms with Gasteiger partial charge in [0.1, 0.15) is 5.82 Å². The SMILES string of the molecule is Nc1ncc(-c2cc(N3CC4CC3CO4)nc(N3CCC(F)(F)CC3)n2)cc1OC(F)F. The van der Waals surface area contributed by atoms with Gasteiger partial charge in [0, 0.05) is 50.3 Å². The lowest BCUT2D eigenvalue weighted by Crippen LogP contribution is -2.41. The first-order chi connectivity index (χ1) is 15.3. The fraction of sp³-hybridized carbons (Fsp3) is 0.550. The average molecular weight is 454 g/mol. The van der Waals surface area contributed by atoms with E-state index in [9.17, 15) is 17.6 Å². The van der Waals surface area contributed by atoms with E-state index >= 15 is 0 Å². The predicted molar refractivity (Wildman–Crippen MR) is 108 cm³/mol. The lowest BCUT2D eigenvalue weighted by molar-refractivity contribution is -0.0495. The van der Waals surface area contributed by atoms with Gasteiger partial charge in [0.05, 0.1) is 24.4 Å². The fourth-order valence-electron chi connectivity index (χ4n) is 4.36. The van der Waals surface area contributed by atoms with Gasteiger partial charge in [-0.25, -0.2) is 18.7 Å². The average Bonchev–Trinajstić information content (AvgIpc) is 3.38. The van der Waals surface area contributed by atoms with E-state index < -0.39 is 12.5 Å². The number of aromatic nitrogens is 3. The molecule has 0 saturated carbocycles. The zero-order valence-corrected chi connectivity index (χ0v) is 17.1. The smallest absolute Gasteiger partial charge is 0.387 e. The second kappa shape index (κ2) is 7.91. The molecule has 2 aromatic rings. The van der Waals surface area contributed by atoms with Crippen LogP contribution in [0.4, 0.5) is 35.1 Å². The third-order valence-corrected chi connectivity index (χ3v) is 6.07. The molecule has 2 bridgehead atoms. The maximum atomic E-state index is 13.7. The summed E-state index contributed by atoms with van der Waals surface area (Å²) in [4.78, 5) is 17.0. The molecule has 2 unspecified atom stereocenters. The Morgan fingerprint density at radius 1 is 1.19 bits per heavy atom. The number of halogens is 4. The summed E-state index contributed by atoms with van der Waals surface area (Å²) >= 11 is 0. The number of alkyl halides is 4. The van der Waals surface area contributed by atoms with Crippen LogP contribution in [0.25, 0.3) is 11.3 Å². The van der Waals surface area contributed by atoms with Crippen LogP contribution in [0.3, 0.4) is 0 Å². The van der Waals surface area contributed by atoms with Gasteiger partial charge in [0.2, 0.25) is 5.95 Å². The monoisotopic (exact) mass is 454 g/mol. The molecule has 0 spiro atoms. The summed E-state index contributed by atoms with van der Waals surface area (Å²) in [7, 11) is 0. The van der Waals surface area contributed by atoms with E-state index in [-0.39, 0.29) is 49.6 Å². The number of piperidine rings is 1. The Bertz CT molecular complexity index is 1000. The molecule has 172 valence electrons. The van der Waals surface area contributed by atoms with Crippen molar-refractivity contribution in [2.75, 3.05) is 41.8 Å². The van der Waals surface area contributed by atoms with Crippen molar-refractivity contribution in [1.29, 1.82) is 0 Å². The third-order valence-electron chi connectivity index (χ3n) is 6.07. The van der Waals surface area contributed by atoms with E-state index in [0.717, 1.165) is 6.42 Å². The number of fused-ring (bicyclic) bond motifs is 2. The Balaban J connectivity index is 1.52. The second-order valence-electron chi connectivity index (χ2n) is 8.24. The van der Waals surface area contributed by atoms with E-state index in [2.05, 4.69) is 24.6 Å². The summed E-state index contributed by atoms with van der Waals surface area (Å²) in [5, 5.41) is 0. The highest BCUT2D eigenvalue weighted by molar-refractivity contribution is 5.68. The van der Waals surface area contributed by atoms with Crippen LogP contribution in [0.1, 0.15) is 19.3 Å². The Morgan fingerprint density at radius 3 is 2.62 bits per heavy atom. The molecule has 3 fully saturated rings. The van der Waals surface area contributed by atoms with Gasteiger partial charge in [-0.15, -0.1) is 0 Å².